The maximum atomic E-state index is 10.6. The molecule has 0 rings (SSSR count). The molecular weight excluding hydrogens is 196 g/mol. The zero-order valence-electron chi connectivity index (χ0n) is 5.62. The summed E-state index contributed by atoms with van der Waals surface area (Å²) in [6, 6.07) is 0. The van der Waals surface area contributed by atoms with Crippen molar-refractivity contribution in [3.63, 3.8) is 0 Å². The Kier molecular flexibility index (Phi) is 2.85. The molecule has 1 amide bonds. The van der Waals surface area contributed by atoms with Gasteiger partial charge in [0.05, 0.1) is 5.41 Å². The van der Waals surface area contributed by atoms with Crippen molar-refractivity contribution in [2.75, 3.05) is 0 Å². The van der Waals surface area contributed by atoms with E-state index in [9.17, 15) is 4.79 Å². The summed E-state index contributed by atoms with van der Waals surface area (Å²) in [5.41, 5.74) is 3.84. The van der Waals surface area contributed by atoms with Crippen LogP contribution in [0.25, 0.3) is 0 Å². The summed E-state index contributed by atoms with van der Waals surface area (Å²) in [5.74, 6) is -0.632. The minimum Gasteiger partial charge on any atom is -0.369 e. The van der Waals surface area contributed by atoms with E-state index in [0.29, 0.717) is 0 Å². The number of nitrogens with two attached hydrogens (primary N) is 1. The van der Waals surface area contributed by atoms with Crippen molar-refractivity contribution in [3.8, 4) is 0 Å². The fourth-order valence-corrected chi connectivity index (χ4v) is 0.419. The van der Waals surface area contributed by atoms with E-state index in [0.717, 1.165) is 0 Å². The zero-order chi connectivity index (χ0) is 8.58. The van der Waals surface area contributed by atoms with Crippen LogP contribution in [0.5, 0.6) is 0 Å². The van der Waals surface area contributed by atoms with Crippen molar-refractivity contribution < 1.29 is 4.79 Å². The Balaban J connectivity index is 4.57. The Morgan fingerprint density at radius 1 is 1.30 bits per heavy atom. The minimum absolute atomic E-state index is 0.632. The summed E-state index contributed by atoms with van der Waals surface area (Å²) in [6.07, 6.45) is 0. The molecule has 0 saturated heterocycles. The van der Waals surface area contributed by atoms with Gasteiger partial charge in [0.1, 0.15) is 0 Å². The average Bonchev–Trinajstić information content (AvgIpc) is 1.62. The summed E-state index contributed by atoms with van der Waals surface area (Å²) in [5, 5.41) is 0. The fourth-order valence-electron chi connectivity index (χ4n) is 0.140. The smallest absolute Gasteiger partial charge is 0.227 e. The highest BCUT2D eigenvalue weighted by Gasteiger charge is 2.45. The van der Waals surface area contributed by atoms with Crippen molar-refractivity contribution in [2.45, 2.75) is 17.6 Å². The van der Waals surface area contributed by atoms with E-state index in [1.165, 1.54) is 13.8 Å². The molecule has 0 aromatic rings. The third kappa shape index (κ3) is 1.91. The number of alkyl halides is 3. The predicted octanol–water partition coefficient (Wildman–Crippen LogP) is 1.87. The molecule has 0 atom stereocenters. The lowest BCUT2D eigenvalue weighted by Gasteiger charge is -2.28. The summed E-state index contributed by atoms with van der Waals surface area (Å²) >= 11 is 16.3. The standard InChI is InChI=1S/C5H8Cl3NO/c1-4(2,3(9)10)5(6,7)8/h1-2H3,(H2,9,10). The number of halogens is 3. The third-order valence-corrected chi connectivity index (χ3v) is 2.74. The first-order chi connectivity index (χ1) is 4.19. The van der Waals surface area contributed by atoms with Gasteiger partial charge in [0.2, 0.25) is 9.70 Å². The lowest BCUT2D eigenvalue weighted by Crippen LogP contribution is -2.42. The Hall–Kier alpha value is 0.340. The molecule has 2 N–H and O–H groups in total. The van der Waals surface area contributed by atoms with E-state index in [2.05, 4.69) is 0 Å². The second-order valence-corrected chi connectivity index (χ2v) is 4.77. The number of hydrogen-bond donors (Lipinski definition) is 1. The van der Waals surface area contributed by atoms with Crippen molar-refractivity contribution in [3.05, 3.63) is 0 Å². The van der Waals surface area contributed by atoms with Crippen LogP contribution >= 0.6 is 34.8 Å². The second kappa shape index (κ2) is 2.76. The molecule has 0 aliphatic rings. The van der Waals surface area contributed by atoms with Gasteiger partial charge in [0.25, 0.3) is 0 Å². The summed E-state index contributed by atoms with van der Waals surface area (Å²) in [6.45, 7) is 2.95. The molecule has 0 radical (unpaired) electrons. The molecule has 10 heavy (non-hydrogen) atoms. The number of carbonyl (C=O) groups excluding carboxylic acids is 1. The molecule has 60 valence electrons. The molecule has 0 heterocycles. The van der Waals surface area contributed by atoms with Crippen LogP contribution in [-0.2, 0) is 4.79 Å². The summed E-state index contributed by atoms with van der Waals surface area (Å²) in [7, 11) is 0. The molecule has 0 aromatic heterocycles. The van der Waals surface area contributed by atoms with Crippen molar-refractivity contribution in [1.82, 2.24) is 0 Å². The normalized spacial score (nSPS) is 13.3. The van der Waals surface area contributed by atoms with Gasteiger partial charge in [0.15, 0.2) is 0 Å². The van der Waals surface area contributed by atoms with Gasteiger partial charge in [-0.1, -0.05) is 34.8 Å². The molecule has 0 aliphatic heterocycles. The Morgan fingerprint density at radius 2 is 1.60 bits per heavy atom. The highest BCUT2D eigenvalue weighted by molar-refractivity contribution is 6.68. The van der Waals surface area contributed by atoms with Crippen LogP contribution in [0.1, 0.15) is 13.8 Å². The lowest BCUT2D eigenvalue weighted by molar-refractivity contribution is -0.125. The molecule has 0 saturated carbocycles. The highest BCUT2D eigenvalue weighted by atomic mass is 35.6. The predicted molar refractivity (Wildman–Crippen MR) is 43.3 cm³/mol. The van der Waals surface area contributed by atoms with Crippen molar-refractivity contribution in [2.24, 2.45) is 11.1 Å². The van der Waals surface area contributed by atoms with E-state index in [1.807, 2.05) is 0 Å². The zero-order valence-corrected chi connectivity index (χ0v) is 7.89. The van der Waals surface area contributed by atoms with Gasteiger partial charge in [-0.3, -0.25) is 4.79 Å². The Morgan fingerprint density at radius 3 is 1.60 bits per heavy atom. The average molecular weight is 204 g/mol. The van der Waals surface area contributed by atoms with Crippen LogP contribution in [0, 0.1) is 5.41 Å². The van der Waals surface area contributed by atoms with E-state index in [-0.39, 0.29) is 0 Å². The first kappa shape index (κ1) is 10.3. The second-order valence-electron chi connectivity index (χ2n) is 2.49. The van der Waals surface area contributed by atoms with Gasteiger partial charge in [0, 0.05) is 0 Å². The largest absolute Gasteiger partial charge is 0.369 e. The van der Waals surface area contributed by atoms with E-state index in [4.69, 9.17) is 40.5 Å². The van der Waals surface area contributed by atoms with Crippen LogP contribution in [0.3, 0.4) is 0 Å². The lowest BCUT2D eigenvalue weighted by atomic mass is 9.95. The number of rotatable bonds is 1. The quantitative estimate of drug-likeness (QED) is 0.651. The highest BCUT2D eigenvalue weighted by Crippen LogP contribution is 2.43. The van der Waals surface area contributed by atoms with Crippen molar-refractivity contribution in [1.29, 1.82) is 0 Å². The third-order valence-electron chi connectivity index (χ3n) is 1.32. The van der Waals surface area contributed by atoms with Gasteiger partial charge >= 0.3 is 0 Å². The van der Waals surface area contributed by atoms with Crippen LogP contribution in [0.2, 0.25) is 0 Å². The van der Waals surface area contributed by atoms with Gasteiger partial charge in [-0.2, -0.15) is 0 Å². The molecule has 0 unspecified atom stereocenters. The Labute approximate surface area is 74.6 Å². The minimum atomic E-state index is -1.64. The van der Waals surface area contributed by atoms with Crippen molar-refractivity contribution >= 4 is 40.7 Å². The van der Waals surface area contributed by atoms with Crippen LogP contribution < -0.4 is 5.73 Å². The number of carbonyl (C=O) groups is 1. The topological polar surface area (TPSA) is 43.1 Å². The summed E-state index contributed by atoms with van der Waals surface area (Å²) < 4.78 is -1.64. The molecule has 2 nitrogen and oxygen atoms in total. The molecule has 5 heteroatoms. The molecule has 0 spiro atoms. The van der Waals surface area contributed by atoms with Crippen LogP contribution in [0.4, 0.5) is 0 Å². The maximum Gasteiger partial charge on any atom is 0.227 e. The molecule has 0 bridgehead atoms. The van der Waals surface area contributed by atoms with Crippen LogP contribution in [0.15, 0.2) is 0 Å². The van der Waals surface area contributed by atoms with E-state index < -0.39 is 15.1 Å². The van der Waals surface area contributed by atoms with Gasteiger partial charge in [-0.15, -0.1) is 0 Å². The molecule has 0 aromatic carbocycles. The SMILES string of the molecule is CC(C)(C(N)=O)C(Cl)(Cl)Cl. The fraction of sp³-hybridized carbons (Fsp3) is 0.800. The molecule has 0 aliphatic carbocycles. The van der Waals surface area contributed by atoms with E-state index in [1.54, 1.807) is 0 Å². The first-order valence-corrected chi connectivity index (χ1v) is 3.69. The summed E-state index contributed by atoms with van der Waals surface area (Å²) in [4.78, 5) is 10.6. The monoisotopic (exact) mass is 203 g/mol. The number of hydrogen-bond acceptors (Lipinski definition) is 1. The van der Waals surface area contributed by atoms with Gasteiger partial charge in [-0.25, -0.2) is 0 Å². The first-order valence-electron chi connectivity index (χ1n) is 2.56. The van der Waals surface area contributed by atoms with Gasteiger partial charge in [-0.05, 0) is 13.8 Å². The number of amides is 1. The number of primary amides is 1. The molecule has 0 fully saturated rings. The van der Waals surface area contributed by atoms with Crippen LogP contribution in [-0.4, -0.2) is 9.70 Å². The van der Waals surface area contributed by atoms with E-state index >= 15 is 0 Å². The molecular formula is C5H8Cl3NO. The van der Waals surface area contributed by atoms with Gasteiger partial charge < -0.3 is 5.73 Å². The maximum absolute atomic E-state index is 10.6. The Bertz CT molecular complexity index is 149.